The van der Waals surface area contributed by atoms with Gasteiger partial charge in [-0.1, -0.05) is 12.1 Å². The van der Waals surface area contributed by atoms with Crippen LogP contribution >= 0.6 is 11.3 Å². The zero-order chi connectivity index (χ0) is 14.5. The predicted octanol–water partition coefficient (Wildman–Crippen LogP) is 4.25. The minimum Gasteiger partial charge on any atom is -0.465 e. The van der Waals surface area contributed by atoms with Crippen molar-refractivity contribution in [2.75, 3.05) is 0 Å². The van der Waals surface area contributed by atoms with Crippen LogP contribution in [0.5, 0.6) is 0 Å². The number of rotatable bonds is 6. The molecule has 3 nitrogen and oxygen atoms in total. The summed E-state index contributed by atoms with van der Waals surface area (Å²) in [6.45, 7) is 4.50. The Morgan fingerprint density at radius 3 is 2.67 bits per heavy atom. The highest BCUT2D eigenvalue weighted by molar-refractivity contribution is 7.09. The van der Waals surface area contributed by atoms with Crippen molar-refractivity contribution in [3.63, 3.8) is 0 Å². The third kappa shape index (κ3) is 4.03. The van der Waals surface area contributed by atoms with E-state index in [2.05, 4.69) is 39.5 Å². The molecule has 0 atom stereocenters. The zero-order valence-corrected chi connectivity index (χ0v) is 12.8. The SMILES string of the molecule is Cc1ccc(CN(Cc2ccccn2)Cc2cccs2)o1. The minimum atomic E-state index is 0.794. The molecule has 0 bridgehead atoms. The smallest absolute Gasteiger partial charge is 0.118 e. The normalized spacial score (nSPS) is 11.1. The first-order valence-corrected chi connectivity index (χ1v) is 7.87. The second-order valence-corrected chi connectivity index (χ2v) is 6.09. The molecule has 0 radical (unpaired) electrons. The molecule has 21 heavy (non-hydrogen) atoms. The monoisotopic (exact) mass is 298 g/mol. The molecule has 4 heteroatoms. The molecule has 0 aliphatic carbocycles. The topological polar surface area (TPSA) is 29.3 Å². The van der Waals surface area contributed by atoms with Gasteiger partial charge in [0.2, 0.25) is 0 Å². The Morgan fingerprint density at radius 1 is 1.05 bits per heavy atom. The molecule has 0 amide bonds. The van der Waals surface area contributed by atoms with Gasteiger partial charge in [-0.15, -0.1) is 11.3 Å². The highest BCUT2D eigenvalue weighted by atomic mass is 32.1. The van der Waals surface area contributed by atoms with Crippen molar-refractivity contribution < 1.29 is 4.42 Å². The Bertz CT molecular complexity index is 661. The molecule has 0 saturated carbocycles. The summed E-state index contributed by atoms with van der Waals surface area (Å²) in [6, 6.07) is 14.4. The maximum absolute atomic E-state index is 5.71. The molecule has 0 N–H and O–H groups in total. The van der Waals surface area contributed by atoms with Gasteiger partial charge in [0.05, 0.1) is 12.2 Å². The van der Waals surface area contributed by atoms with Gasteiger partial charge in [0.25, 0.3) is 0 Å². The Kier molecular flexibility index (Phi) is 4.48. The summed E-state index contributed by atoms with van der Waals surface area (Å²) in [4.78, 5) is 8.14. The second kappa shape index (κ2) is 6.70. The van der Waals surface area contributed by atoms with E-state index in [1.165, 1.54) is 4.88 Å². The maximum Gasteiger partial charge on any atom is 0.118 e. The molecule has 108 valence electrons. The number of thiophene rings is 1. The van der Waals surface area contributed by atoms with Crippen molar-refractivity contribution in [3.05, 3.63) is 76.1 Å². The van der Waals surface area contributed by atoms with Gasteiger partial charge in [-0.05, 0) is 42.6 Å². The van der Waals surface area contributed by atoms with Crippen LogP contribution in [0.3, 0.4) is 0 Å². The molecule has 0 saturated heterocycles. The van der Waals surface area contributed by atoms with Gasteiger partial charge in [-0.2, -0.15) is 0 Å². The Hall–Kier alpha value is -1.91. The lowest BCUT2D eigenvalue weighted by molar-refractivity contribution is 0.225. The van der Waals surface area contributed by atoms with E-state index in [9.17, 15) is 0 Å². The zero-order valence-electron chi connectivity index (χ0n) is 12.0. The molecule has 0 aromatic carbocycles. The molecule has 0 aliphatic heterocycles. The molecule has 0 aliphatic rings. The molecule has 3 aromatic heterocycles. The summed E-state index contributed by atoms with van der Waals surface area (Å²) in [5.41, 5.74) is 1.08. The quantitative estimate of drug-likeness (QED) is 0.681. The first-order chi connectivity index (χ1) is 10.3. The average Bonchev–Trinajstić information content (AvgIpc) is 3.12. The number of pyridine rings is 1. The Labute approximate surface area is 128 Å². The van der Waals surface area contributed by atoms with Gasteiger partial charge < -0.3 is 4.42 Å². The number of hydrogen-bond donors (Lipinski definition) is 0. The number of furan rings is 1. The van der Waals surface area contributed by atoms with E-state index in [-0.39, 0.29) is 0 Å². The van der Waals surface area contributed by atoms with Gasteiger partial charge in [-0.25, -0.2) is 0 Å². The molecule has 0 fully saturated rings. The molecule has 0 unspecified atom stereocenters. The van der Waals surface area contributed by atoms with Crippen LogP contribution in [0, 0.1) is 6.92 Å². The van der Waals surface area contributed by atoms with E-state index in [1.54, 1.807) is 11.3 Å². The number of hydrogen-bond acceptors (Lipinski definition) is 4. The van der Waals surface area contributed by atoms with Crippen molar-refractivity contribution in [2.45, 2.75) is 26.6 Å². The molecular formula is C17H18N2OS. The summed E-state index contributed by atoms with van der Waals surface area (Å²) < 4.78 is 5.71. The van der Waals surface area contributed by atoms with E-state index in [1.807, 2.05) is 31.3 Å². The fourth-order valence-electron chi connectivity index (χ4n) is 2.30. The van der Waals surface area contributed by atoms with Crippen LogP contribution in [0.2, 0.25) is 0 Å². The van der Waals surface area contributed by atoms with E-state index in [4.69, 9.17) is 4.42 Å². The van der Waals surface area contributed by atoms with Crippen LogP contribution in [0.15, 0.2) is 58.5 Å². The molecule has 3 heterocycles. The molecule has 0 spiro atoms. The van der Waals surface area contributed by atoms with Crippen LogP contribution in [-0.4, -0.2) is 9.88 Å². The predicted molar refractivity (Wildman–Crippen MR) is 85.0 cm³/mol. The van der Waals surface area contributed by atoms with Crippen LogP contribution in [-0.2, 0) is 19.6 Å². The first kappa shape index (κ1) is 14.0. The fraction of sp³-hybridized carbons (Fsp3) is 0.235. The van der Waals surface area contributed by atoms with Gasteiger partial charge in [0.15, 0.2) is 0 Å². The Balaban J connectivity index is 1.73. The Morgan fingerprint density at radius 2 is 2.00 bits per heavy atom. The van der Waals surface area contributed by atoms with Crippen LogP contribution < -0.4 is 0 Å². The largest absolute Gasteiger partial charge is 0.465 e. The number of aryl methyl sites for hydroxylation is 1. The van der Waals surface area contributed by atoms with E-state index in [0.717, 1.165) is 36.8 Å². The fourth-order valence-corrected chi connectivity index (χ4v) is 3.05. The average molecular weight is 298 g/mol. The van der Waals surface area contributed by atoms with Crippen molar-refractivity contribution in [2.24, 2.45) is 0 Å². The summed E-state index contributed by atoms with van der Waals surface area (Å²) in [6.07, 6.45) is 1.84. The second-order valence-electron chi connectivity index (χ2n) is 5.06. The molecular weight excluding hydrogens is 280 g/mol. The van der Waals surface area contributed by atoms with E-state index >= 15 is 0 Å². The van der Waals surface area contributed by atoms with Crippen molar-refractivity contribution in [1.29, 1.82) is 0 Å². The first-order valence-electron chi connectivity index (χ1n) is 6.99. The highest BCUT2D eigenvalue weighted by Gasteiger charge is 2.11. The lowest BCUT2D eigenvalue weighted by atomic mass is 10.3. The van der Waals surface area contributed by atoms with Gasteiger partial charge >= 0.3 is 0 Å². The lowest BCUT2D eigenvalue weighted by Gasteiger charge is -2.20. The van der Waals surface area contributed by atoms with E-state index < -0.39 is 0 Å². The van der Waals surface area contributed by atoms with Crippen molar-refractivity contribution in [3.8, 4) is 0 Å². The van der Waals surface area contributed by atoms with Crippen LogP contribution in [0.1, 0.15) is 22.1 Å². The summed E-state index contributed by atoms with van der Waals surface area (Å²) in [7, 11) is 0. The molecule has 3 rings (SSSR count). The lowest BCUT2D eigenvalue weighted by Crippen LogP contribution is -2.22. The maximum atomic E-state index is 5.71. The summed E-state index contributed by atoms with van der Waals surface area (Å²) >= 11 is 1.78. The third-order valence-corrected chi connectivity index (χ3v) is 4.11. The van der Waals surface area contributed by atoms with Gasteiger partial charge in [-0.3, -0.25) is 9.88 Å². The van der Waals surface area contributed by atoms with Crippen LogP contribution in [0.4, 0.5) is 0 Å². The van der Waals surface area contributed by atoms with Gasteiger partial charge in [0, 0.05) is 24.2 Å². The third-order valence-electron chi connectivity index (χ3n) is 3.25. The minimum absolute atomic E-state index is 0.794. The highest BCUT2D eigenvalue weighted by Crippen LogP contribution is 2.17. The summed E-state index contributed by atoms with van der Waals surface area (Å²) in [5, 5.41) is 2.12. The molecule has 3 aromatic rings. The van der Waals surface area contributed by atoms with Crippen molar-refractivity contribution >= 4 is 11.3 Å². The van der Waals surface area contributed by atoms with Gasteiger partial charge in [0.1, 0.15) is 11.5 Å². The summed E-state index contributed by atoms with van der Waals surface area (Å²) in [5.74, 6) is 1.96. The van der Waals surface area contributed by atoms with E-state index in [0.29, 0.717) is 0 Å². The standard InChI is InChI=1S/C17H18N2OS/c1-14-7-8-16(20-14)12-19(13-17-6-4-10-21-17)11-15-5-2-3-9-18-15/h2-10H,11-13H2,1H3. The number of aromatic nitrogens is 1. The van der Waals surface area contributed by atoms with Crippen molar-refractivity contribution in [1.82, 2.24) is 9.88 Å². The number of nitrogens with zero attached hydrogens (tertiary/aromatic N) is 2. The van der Waals surface area contributed by atoms with Crippen LogP contribution in [0.25, 0.3) is 0 Å².